The first kappa shape index (κ1) is 21.0. The Morgan fingerprint density at radius 3 is 2.37 bits per heavy atom. The SMILES string of the molecule is CC(C)(N)C(=O)Nc1ccc2c(c1)N/C(=C(/C(N)=O)c1nccc(C(F)(F)F)n1)N2. The number of alkyl halides is 3. The first-order valence-electron chi connectivity index (χ1n) is 8.59. The summed E-state index contributed by atoms with van der Waals surface area (Å²) in [5, 5.41) is 8.35. The van der Waals surface area contributed by atoms with Gasteiger partial charge < -0.3 is 27.4 Å². The maximum Gasteiger partial charge on any atom is 0.433 e. The molecule has 0 bridgehead atoms. The van der Waals surface area contributed by atoms with Crippen molar-refractivity contribution in [1.82, 2.24) is 9.97 Å². The fraction of sp³-hybridized carbons (Fsp3) is 0.222. The van der Waals surface area contributed by atoms with Crippen molar-refractivity contribution in [3.63, 3.8) is 0 Å². The standard InChI is InChI=1S/C18H18F3N7O2/c1-17(2,23)16(30)25-8-3-4-9-10(7-8)27-15(26-9)12(13(22)29)14-24-6-5-11(28-14)18(19,20)21/h3-7,26-27H,23H2,1-2H3,(H2,22,29)(H,25,30)/b15-12-. The molecule has 2 heterocycles. The summed E-state index contributed by atoms with van der Waals surface area (Å²) in [6.45, 7) is 3.09. The Morgan fingerprint density at radius 2 is 1.77 bits per heavy atom. The number of amides is 2. The van der Waals surface area contributed by atoms with E-state index >= 15 is 0 Å². The number of carbonyl (C=O) groups excluding carboxylic acids is 2. The summed E-state index contributed by atoms with van der Waals surface area (Å²) >= 11 is 0. The van der Waals surface area contributed by atoms with Crippen LogP contribution >= 0.6 is 0 Å². The number of rotatable bonds is 4. The molecule has 1 aliphatic heterocycles. The lowest BCUT2D eigenvalue weighted by molar-refractivity contribution is -0.141. The summed E-state index contributed by atoms with van der Waals surface area (Å²) in [7, 11) is 0. The highest BCUT2D eigenvalue weighted by Gasteiger charge is 2.34. The summed E-state index contributed by atoms with van der Waals surface area (Å²) in [4.78, 5) is 31.2. The van der Waals surface area contributed by atoms with Crippen LogP contribution in [0.25, 0.3) is 5.57 Å². The number of nitrogens with two attached hydrogens (primary N) is 2. The molecule has 0 atom stereocenters. The number of fused-ring (bicyclic) bond motifs is 1. The van der Waals surface area contributed by atoms with Crippen molar-refractivity contribution in [2.24, 2.45) is 11.5 Å². The van der Waals surface area contributed by atoms with Crippen molar-refractivity contribution >= 4 is 34.4 Å². The molecule has 9 nitrogen and oxygen atoms in total. The molecule has 0 aliphatic carbocycles. The maximum absolute atomic E-state index is 13.0. The zero-order valence-electron chi connectivity index (χ0n) is 15.9. The van der Waals surface area contributed by atoms with Crippen molar-refractivity contribution in [1.29, 1.82) is 0 Å². The van der Waals surface area contributed by atoms with Gasteiger partial charge in [-0.3, -0.25) is 9.59 Å². The molecule has 0 radical (unpaired) electrons. The van der Waals surface area contributed by atoms with Gasteiger partial charge >= 0.3 is 6.18 Å². The van der Waals surface area contributed by atoms with E-state index in [4.69, 9.17) is 11.5 Å². The number of primary amides is 1. The minimum atomic E-state index is -4.71. The number of benzene rings is 1. The topological polar surface area (TPSA) is 148 Å². The van der Waals surface area contributed by atoms with Crippen LogP contribution in [0, 0.1) is 0 Å². The second-order valence-corrected chi connectivity index (χ2v) is 7.06. The summed E-state index contributed by atoms with van der Waals surface area (Å²) in [5.74, 6) is -1.92. The van der Waals surface area contributed by atoms with Crippen LogP contribution in [0.5, 0.6) is 0 Å². The Labute approximate surface area is 168 Å². The van der Waals surface area contributed by atoms with Crippen LogP contribution in [-0.2, 0) is 15.8 Å². The number of anilines is 3. The Balaban J connectivity index is 1.95. The van der Waals surface area contributed by atoms with Gasteiger partial charge in [0.25, 0.3) is 5.91 Å². The number of nitrogens with one attached hydrogen (secondary N) is 3. The van der Waals surface area contributed by atoms with Crippen LogP contribution < -0.4 is 27.4 Å². The first-order valence-corrected chi connectivity index (χ1v) is 8.59. The van der Waals surface area contributed by atoms with Crippen LogP contribution in [0.3, 0.4) is 0 Å². The Kier molecular flexibility index (Phi) is 5.12. The average molecular weight is 421 g/mol. The minimum Gasteiger partial charge on any atom is -0.365 e. The van der Waals surface area contributed by atoms with Crippen LogP contribution in [0.1, 0.15) is 25.4 Å². The van der Waals surface area contributed by atoms with Gasteiger partial charge in [0.1, 0.15) is 17.1 Å². The van der Waals surface area contributed by atoms with Crippen molar-refractivity contribution in [3.8, 4) is 0 Å². The predicted molar refractivity (Wildman–Crippen MR) is 104 cm³/mol. The molecule has 1 aromatic carbocycles. The van der Waals surface area contributed by atoms with Crippen molar-refractivity contribution in [3.05, 3.63) is 47.8 Å². The fourth-order valence-electron chi connectivity index (χ4n) is 2.53. The molecule has 2 amide bonds. The first-order chi connectivity index (χ1) is 13.9. The summed E-state index contributed by atoms with van der Waals surface area (Å²) < 4.78 is 38.9. The third-order valence-corrected chi connectivity index (χ3v) is 4.05. The Bertz CT molecular complexity index is 1060. The van der Waals surface area contributed by atoms with E-state index in [1.54, 1.807) is 32.0 Å². The maximum atomic E-state index is 13.0. The molecule has 2 aromatic rings. The van der Waals surface area contributed by atoms with Gasteiger partial charge in [0, 0.05) is 11.9 Å². The van der Waals surface area contributed by atoms with Gasteiger partial charge in [0.05, 0.1) is 16.9 Å². The number of aromatic nitrogens is 2. The third-order valence-electron chi connectivity index (χ3n) is 4.05. The molecule has 0 saturated carbocycles. The summed E-state index contributed by atoms with van der Waals surface area (Å²) in [5.41, 5.74) is 9.83. The van der Waals surface area contributed by atoms with E-state index in [9.17, 15) is 22.8 Å². The lowest BCUT2D eigenvalue weighted by Crippen LogP contribution is -2.45. The van der Waals surface area contributed by atoms with E-state index in [2.05, 4.69) is 25.9 Å². The number of nitrogens with zero attached hydrogens (tertiary/aromatic N) is 2. The Morgan fingerprint density at radius 1 is 1.10 bits per heavy atom. The molecule has 30 heavy (non-hydrogen) atoms. The third kappa shape index (κ3) is 4.33. The molecule has 0 spiro atoms. The molecule has 0 unspecified atom stereocenters. The molecular weight excluding hydrogens is 403 g/mol. The van der Waals surface area contributed by atoms with E-state index in [0.717, 1.165) is 6.20 Å². The number of halogens is 3. The highest BCUT2D eigenvalue weighted by Crippen LogP contribution is 2.36. The second-order valence-electron chi connectivity index (χ2n) is 7.06. The van der Waals surface area contributed by atoms with Crippen LogP contribution in [0.2, 0.25) is 0 Å². The summed E-state index contributed by atoms with van der Waals surface area (Å²) in [6.07, 6.45) is -3.83. The molecule has 7 N–H and O–H groups in total. The van der Waals surface area contributed by atoms with Crippen molar-refractivity contribution in [2.45, 2.75) is 25.6 Å². The molecule has 158 valence electrons. The largest absolute Gasteiger partial charge is 0.433 e. The lowest BCUT2D eigenvalue weighted by Gasteiger charge is -2.18. The second kappa shape index (κ2) is 7.30. The smallest absolute Gasteiger partial charge is 0.365 e. The van der Waals surface area contributed by atoms with Crippen LogP contribution in [-0.4, -0.2) is 27.3 Å². The predicted octanol–water partition coefficient (Wildman–Crippen LogP) is 1.86. The lowest BCUT2D eigenvalue weighted by atomic mass is 10.1. The summed E-state index contributed by atoms with van der Waals surface area (Å²) in [6, 6.07) is 5.43. The van der Waals surface area contributed by atoms with E-state index in [-0.39, 0.29) is 11.4 Å². The van der Waals surface area contributed by atoms with Gasteiger partial charge in [0.15, 0.2) is 5.82 Å². The molecule has 1 aliphatic rings. The van der Waals surface area contributed by atoms with E-state index in [1.807, 2.05) is 0 Å². The number of carbonyl (C=O) groups is 2. The quantitative estimate of drug-likeness (QED) is 0.473. The monoisotopic (exact) mass is 421 g/mol. The number of hydrogen-bond donors (Lipinski definition) is 5. The highest BCUT2D eigenvalue weighted by molar-refractivity contribution is 6.20. The molecular formula is C18H18F3N7O2. The van der Waals surface area contributed by atoms with E-state index in [1.165, 1.54) is 0 Å². The molecule has 0 saturated heterocycles. The van der Waals surface area contributed by atoms with Crippen molar-refractivity contribution < 1.29 is 22.8 Å². The normalized spacial score (nSPS) is 15.0. The van der Waals surface area contributed by atoms with Crippen molar-refractivity contribution in [2.75, 3.05) is 16.0 Å². The van der Waals surface area contributed by atoms with Gasteiger partial charge in [0.2, 0.25) is 5.91 Å². The van der Waals surface area contributed by atoms with Gasteiger partial charge in [-0.1, -0.05) is 0 Å². The van der Waals surface area contributed by atoms with Gasteiger partial charge in [-0.15, -0.1) is 0 Å². The van der Waals surface area contributed by atoms with Gasteiger partial charge in [-0.2, -0.15) is 13.2 Å². The van der Waals surface area contributed by atoms with Gasteiger partial charge in [-0.25, -0.2) is 9.97 Å². The molecule has 0 fully saturated rings. The minimum absolute atomic E-state index is 0.0134. The Hall–Kier alpha value is -3.67. The zero-order valence-corrected chi connectivity index (χ0v) is 15.9. The van der Waals surface area contributed by atoms with E-state index < -0.39 is 35.0 Å². The molecule has 12 heteroatoms. The molecule has 3 rings (SSSR count). The zero-order chi connectivity index (χ0) is 22.3. The molecule has 1 aromatic heterocycles. The average Bonchev–Trinajstić information content (AvgIpc) is 3.02. The van der Waals surface area contributed by atoms with Gasteiger partial charge in [-0.05, 0) is 38.1 Å². The van der Waals surface area contributed by atoms with Crippen LogP contribution in [0.15, 0.2) is 36.3 Å². The number of hydrogen-bond acceptors (Lipinski definition) is 7. The van der Waals surface area contributed by atoms with Crippen LogP contribution in [0.4, 0.5) is 30.2 Å². The fourth-order valence-corrected chi connectivity index (χ4v) is 2.53. The van der Waals surface area contributed by atoms with E-state index in [0.29, 0.717) is 23.1 Å². The highest BCUT2D eigenvalue weighted by atomic mass is 19.4.